The van der Waals surface area contributed by atoms with Crippen LogP contribution in [0.15, 0.2) is 6.20 Å². The number of aryl methyl sites for hydroxylation is 1. The number of hydrogen-bond donors (Lipinski definition) is 0. The maximum Gasteiger partial charge on any atom is 0.216 e. The fourth-order valence-electron chi connectivity index (χ4n) is 2.30. The highest BCUT2D eigenvalue weighted by Crippen LogP contribution is 2.19. The molecule has 0 amide bonds. The third-order valence-electron chi connectivity index (χ3n) is 3.60. The van der Waals surface area contributed by atoms with Crippen LogP contribution in [0.3, 0.4) is 0 Å². The van der Waals surface area contributed by atoms with Crippen molar-refractivity contribution in [2.45, 2.75) is 25.6 Å². The summed E-state index contributed by atoms with van der Waals surface area (Å²) in [6, 6.07) is 0.0340. The molecule has 9 heteroatoms. The van der Waals surface area contributed by atoms with Gasteiger partial charge in [-0.25, -0.2) is 8.42 Å². The van der Waals surface area contributed by atoms with Crippen LogP contribution >= 0.6 is 0 Å². The third-order valence-corrected chi connectivity index (χ3v) is 5.47. The number of methoxy groups -OCH3 is 1. The number of rotatable bonds is 7. The number of hydrogen-bond acceptors (Lipinski definition) is 6. The summed E-state index contributed by atoms with van der Waals surface area (Å²) in [6.07, 6.45) is 2.65. The summed E-state index contributed by atoms with van der Waals surface area (Å²) < 4.78 is 32.4. The largest absolute Gasteiger partial charge is 0.385 e. The van der Waals surface area contributed by atoms with Crippen LogP contribution in [-0.4, -0.2) is 78.8 Å². The molecule has 0 N–H and O–H groups in total. The Hall–Kier alpha value is -1.03. The molecule has 1 aromatic heterocycles. The summed E-state index contributed by atoms with van der Waals surface area (Å²) >= 11 is 0. The van der Waals surface area contributed by atoms with E-state index in [4.69, 9.17) is 4.74 Å². The maximum atomic E-state index is 12.1. The molecule has 0 saturated carbocycles. The average molecular weight is 317 g/mol. The molecule has 1 aliphatic rings. The highest BCUT2D eigenvalue weighted by Gasteiger charge is 2.37. The minimum Gasteiger partial charge on any atom is -0.385 e. The van der Waals surface area contributed by atoms with Crippen molar-refractivity contribution < 1.29 is 13.2 Å². The number of sulfonamides is 1. The Kier molecular flexibility index (Phi) is 5.31. The van der Waals surface area contributed by atoms with Gasteiger partial charge in [-0.2, -0.15) is 4.31 Å². The number of likely N-dealkylation sites (N-methyl/N-ethyl adjacent to an activating group) is 1. The summed E-state index contributed by atoms with van der Waals surface area (Å²) in [5.74, 6) is 0.169. The lowest BCUT2D eigenvalue weighted by Crippen LogP contribution is -2.32. The van der Waals surface area contributed by atoms with Gasteiger partial charge in [0, 0.05) is 39.0 Å². The summed E-state index contributed by atoms with van der Waals surface area (Å²) in [4.78, 5) is 1.94. The molecule has 8 nitrogen and oxygen atoms in total. The Labute approximate surface area is 125 Å². The molecule has 1 saturated heterocycles. The van der Waals surface area contributed by atoms with Crippen LogP contribution in [0.25, 0.3) is 0 Å². The molecule has 1 aliphatic heterocycles. The van der Waals surface area contributed by atoms with Crippen LogP contribution in [0, 0.1) is 0 Å². The smallest absolute Gasteiger partial charge is 0.216 e. The van der Waals surface area contributed by atoms with Crippen molar-refractivity contribution in [3.63, 3.8) is 0 Å². The van der Waals surface area contributed by atoms with Gasteiger partial charge in [0.05, 0.1) is 18.0 Å². The van der Waals surface area contributed by atoms with Crippen molar-refractivity contribution in [3.8, 4) is 0 Å². The van der Waals surface area contributed by atoms with Crippen molar-refractivity contribution >= 4 is 10.0 Å². The minimum atomic E-state index is -3.20. The van der Waals surface area contributed by atoms with Crippen LogP contribution in [0.1, 0.15) is 12.1 Å². The molecule has 0 aliphatic carbocycles. The number of aromatic nitrogens is 3. The van der Waals surface area contributed by atoms with E-state index in [1.807, 2.05) is 19.0 Å². The standard InChI is InChI=1S/C12H23N5O3S/c1-15(2)12-9-17(21(18,19)10-12)8-11-7-16(14-13-11)5-4-6-20-3/h7,12H,4-6,8-10H2,1-3H3. The Morgan fingerprint density at radius 2 is 2.24 bits per heavy atom. The highest BCUT2D eigenvalue weighted by atomic mass is 32.2. The van der Waals surface area contributed by atoms with Gasteiger partial charge < -0.3 is 9.64 Å². The van der Waals surface area contributed by atoms with Gasteiger partial charge in [0.25, 0.3) is 0 Å². The molecule has 1 unspecified atom stereocenters. The van der Waals surface area contributed by atoms with Gasteiger partial charge in [0.2, 0.25) is 10.0 Å². The monoisotopic (exact) mass is 317 g/mol. The van der Waals surface area contributed by atoms with Gasteiger partial charge in [0.1, 0.15) is 0 Å². The van der Waals surface area contributed by atoms with Crippen molar-refractivity contribution in [1.29, 1.82) is 0 Å². The van der Waals surface area contributed by atoms with E-state index in [0.717, 1.165) is 6.42 Å². The van der Waals surface area contributed by atoms with E-state index < -0.39 is 10.0 Å². The van der Waals surface area contributed by atoms with Crippen LogP contribution in [0.5, 0.6) is 0 Å². The van der Waals surface area contributed by atoms with E-state index in [-0.39, 0.29) is 18.3 Å². The van der Waals surface area contributed by atoms with E-state index in [1.165, 1.54) is 4.31 Å². The topological polar surface area (TPSA) is 80.6 Å². The Bertz CT molecular complexity index is 557. The molecule has 1 fully saturated rings. The second-order valence-electron chi connectivity index (χ2n) is 5.51. The predicted octanol–water partition coefficient (Wildman–Crippen LogP) is -0.610. The first-order valence-electron chi connectivity index (χ1n) is 6.94. The van der Waals surface area contributed by atoms with Gasteiger partial charge in [-0.1, -0.05) is 5.21 Å². The maximum absolute atomic E-state index is 12.1. The zero-order valence-corrected chi connectivity index (χ0v) is 13.6. The Balaban J connectivity index is 1.95. The molecule has 21 heavy (non-hydrogen) atoms. The van der Waals surface area contributed by atoms with Gasteiger partial charge in [-0.15, -0.1) is 5.10 Å². The predicted molar refractivity (Wildman–Crippen MR) is 78.2 cm³/mol. The van der Waals surface area contributed by atoms with Gasteiger partial charge in [-0.05, 0) is 20.5 Å². The van der Waals surface area contributed by atoms with Crippen LogP contribution < -0.4 is 0 Å². The fraction of sp³-hybridized carbons (Fsp3) is 0.833. The molecule has 0 aromatic carbocycles. The van der Waals surface area contributed by atoms with E-state index in [0.29, 0.717) is 25.4 Å². The van der Waals surface area contributed by atoms with Crippen molar-refractivity contribution in [1.82, 2.24) is 24.2 Å². The zero-order chi connectivity index (χ0) is 15.5. The lowest BCUT2D eigenvalue weighted by molar-refractivity contribution is 0.188. The van der Waals surface area contributed by atoms with Crippen molar-refractivity contribution in [2.24, 2.45) is 0 Å². The zero-order valence-electron chi connectivity index (χ0n) is 12.8. The first kappa shape index (κ1) is 16.3. The second kappa shape index (κ2) is 6.82. The first-order chi connectivity index (χ1) is 9.92. The fourth-order valence-corrected chi connectivity index (χ4v) is 4.13. The molecule has 120 valence electrons. The number of nitrogens with zero attached hydrogens (tertiary/aromatic N) is 5. The summed E-state index contributed by atoms with van der Waals surface area (Å²) in [7, 11) is 2.26. The molecule has 0 radical (unpaired) electrons. The molecule has 1 atom stereocenters. The normalized spacial score (nSPS) is 22.2. The SMILES string of the molecule is COCCCn1cc(CN2CC(N(C)C)CS2(=O)=O)nn1. The Morgan fingerprint density at radius 3 is 2.86 bits per heavy atom. The van der Waals surface area contributed by atoms with E-state index >= 15 is 0 Å². The van der Waals surface area contributed by atoms with E-state index in [1.54, 1.807) is 18.0 Å². The molecular formula is C12H23N5O3S. The number of ether oxygens (including phenoxy) is 1. The first-order valence-corrected chi connectivity index (χ1v) is 8.55. The average Bonchev–Trinajstić information content (AvgIpc) is 2.96. The summed E-state index contributed by atoms with van der Waals surface area (Å²) in [5.41, 5.74) is 0.676. The summed E-state index contributed by atoms with van der Waals surface area (Å²) in [6.45, 7) is 2.18. The van der Waals surface area contributed by atoms with Crippen LogP contribution in [0.4, 0.5) is 0 Å². The second-order valence-corrected chi connectivity index (χ2v) is 7.52. The van der Waals surface area contributed by atoms with Crippen LogP contribution in [-0.2, 0) is 27.8 Å². The van der Waals surface area contributed by atoms with E-state index in [2.05, 4.69) is 10.3 Å². The molecule has 2 heterocycles. The van der Waals surface area contributed by atoms with Crippen molar-refractivity contribution in [2.75, 3.05) is 40.1 Å². The molecule has 1 aromatic rings. The summed E-state index contributed by atoms with van der Waals surface area (Å²) in [5, 5.41) is 8.06. The van der Waals surface area contributed by atoms with E-state index in [9.17, 15) is 8.42 Å². The van der Waals surface area contributed by atoms with Crippen LogP contribution in [0.2, 0.25) is 0 Å². The lowest BCUT2D eigenvalue weighted by Gasteiger charge is -2.17. The molecular weight excluding hydrogens is 294 g/mol. The quantitative estimate of drug-likeness (QED) is 0.624. The van der Waals surface area contributed by atoms with Crippen molar-refractivity contribution in [3.05, 3.63) is 11.9 Å². The Morgan fingerprint density at radius 1 is 1.48 bits per heavy atom. The van der Waals surface area contributed by atoms with Gasteiger partial charge in [-0.3, -0.25) is 4.68 Å². The molecule has 0 bridgehead atoms. The lowest BCUT2D eigenvalue weighted by atomic mass is 10.3. The van der Waals surface area contributed by atoms with Gasteiger partial charge >= 0.3 is 0 Å². The molecule has 0 spiro atoms. The molecule has 2 rings (SSSR count). The highest BCUT2D eigenvalue weighted by molar-refractivity contribution is 7.89. The third kappa shape index (κ3) is 4.22. The minimum absolute atomic E-state index is 0.0340. The van der Waals surface area contributed by atoms with Gasteiger partial charge in [0.15, 0.2) is 0 Å².